The molecule has 112 valence electrons. The van der Waals surface area contributed by atoms with Crippen LogP contribution >= 0.6 is 11.8 Å². The van der Waals surface area contributed by atoms with Gasteiger partial charge in [0.2, 0.25) is 0 Å². The van der Waals surface area contributed by atoms with Gasteiger partial charge in [-0.2, -0.15) is 0 Å². The maximum atomic E-state index is 14.9. The summed E-state index contributed by atoms with van der Waals surface area (Å²) in [5.41, 5.74) is 1.50. The monoisotopic (exact) mass is 306 g/mol. The Morgan fingerprint density at radius 2 is 1.81 bits per heavy atom. The highest BCUT2D eigenvalue weighted by Gasteiger charge is 2.53. The van der Waals surface area contributed by atoms with Crippen molar-refractivity contribution >= 4 is 24.5 Å². The fraction of sp³-hybridized carbons (Fsp3) is 0.500. The molecule has 0 spiro atoms. The van der Waals surface area contributed by atoms with Crippen LogP contribution in [0.5, 0.6) is 0 Å². The first kappa shape index (κ1) is 15.1. The molecule has 2 aliphatic heterocycles. The van der Waals surface area contributed by atoms with E-state index in [4.69, 9.17) is 9.31 Å². The molecule has 3 rings (SSSR count). The fourth-order valence-corrected chi connectivity index (χ4v) is 3.61. The van der Waals surface area contributed by atoms with Crippen molar-refractivity contribution in [3.05, 3.63) is 35.1 Å². The van der Waals surface area contributed by atoms with Crippen molar-refractivity contribution in [3.63, 3.8) is 0 Å². The molecule has 0 unspecified atom stereocenters. The van der Waals surface area contributed by atoms with Gasteiger partial charge in [-0.1, -0.05) is 17.7 Å². The van der Waals surface area contributed by atoms with Crippen LogP contribution < -0.4 is 0 Å². The number of halogens is 1. The molecule has 0 radical (unpaired) electrons. The molecule has 0 saturated carbocycles. The highest BCUT2D eigenvalue weighted by atomic mass is 32.2. The zero-order valence-corrected chi connectivity index (χ0v) is 13.9. The van der Waals surface area contributed by atoms with E-state index in [-0.39, 0.29) is 5.73 Å². The van der Waals surface area contributed by atoms with Crippen LogP contribution in [0.4, 0.5) is 4.39 Å². The van der Waals surface area contributed by atoms with Crippen molar-refractivity contribution in [3.8, 4) is 0 Å². The van der Waals surface area contributed by atoms with Gasteiger partial charge in [0.25, 0.3) is 0 Å². The molecule has 5 heteroatoms. The lowest BCUT2D eigenvalue weighted by molar-refractivity contribution is 0.00578. The summed E-state index contributed by atoms with van der Waals surface area (Å²) in [5.74, 6) is 0.634. The van der Waals surface area contributed by atoms with Gasteiger partial charge >= 0.3 is 7.12 Å². The highest BCUT2D eigenvalue weighted by Crippen LogP contribution is 2.45. The maximum absolute atomic E-state index is 14.9. The van der Waals surface area contributed by atoms with Crippen LogP contribution in [0.3, 0.4) is 0 Å². The SMILES string of the molecule is Cc1ccc2c(c1)C(=C(F)B1OC(C)(C)C(C)(C)O1)CS2. The van der Waals surface area contributed by atoms with Gasteiger partial charge in [0.1, 0.15) is 5.73 Å². The third kappa shape index (κ3) is 2.45. The van der Waals surface area contributed by atoms with Gasteiger partial charge in [-0.3, -0.25) is 0 Å². The van der Waals surface area contributed by atoms with Gasteiger partial charge in [-0.15, -0.1) is 11.8 Å². The molecule has 2 heterocycles. The molecule has 1 fully saturated rings. The quantitative estimate of drug-likeness (QED) is 0.716. The topological polar surface area (TPSA) is 18.5 Å². The van der Waals surface area contributed by atoms with Crippen LogP contribution in [-0.4, -0.2) is 24.1 Å². The summed E-state index contributed by atoms with van der Waals surface area (Å²) in [4.78, 5) is 1.13. The normalized spacial score (nSPS) is 25.1. The Kier molecular flexibility index (Phi) is 3.51. The number of aryl methyl sites for hydroxylation is 1. The van der Waals surface area contributed by atoms with E-state index in [0.717, 1.165) is 16.0 Å². The first-order valence-electron chi connectivity index (χ1n) is 7.19. The van der Waals surface area contributed by atoms with Gasteiger partial charge in [0, 0.05) is 10.6 Å². The molecule has 21 heavy (non-hydrogen) atoms. The van der Waals surface area contributed by atoms with Gasteiger partial charge in [0.15, 0.2) is 0 Å². The van der Waals surface area contributed by atoms with Crippen molar-refractivity contribution in [2.24, 2.45) is 0 Å². The Labute approximate surface area is 130 Å². The summed E-state index contributed by atoms with van der Waals surface area (Å²) in [6.45, 7) is 9.77. The molecular weight excluding hydrogens is 286 g/mol. The van der Waals surface area contributed by atoms with Gasteiger partial charge in [-0.25, -0.2) is 4.39 Å². The summed E-state index contributed by atoms with van der Waals surface area (Å²) in [7, 11) is -0.905. The molecule has 0 aromatic heterocycles. The van der Waals surface area contributed by atoms with Crippen molar-refractivity contribution in [1.29, 1.82) is 0 Å². The molecule has 0 amide bonds. The minimum atomic E-state index is -0.905. The number of benzene rings is 1. The smallest absolute Gasteiger partial charge is 0.398 e. The molecule has 1 saturated heterocycles. The zero-order chi connectivity index (χ0) is 15.4. The third-order valence-electron chi connectivity index (χ3n) is 4.58. The molecule has 2 nitrogen and oxygen atoms in total. The van der Waals surface area contributed by atoms with Gasteiger partial charge in [-0.05, 0) is 51.8 Å². The summed E-state index contributed by atoms with van der Waals surface area (Å²) in [6, 6.07) is 6.15. The number of thioether (sulfide) groups is 1. The largest absolute Gasteiger partial charge is 0.525 e. The molecule has 1 aromatic rings. The molecular formula is C16H20BFO2S. The molecule has 0 atom stereocenters. The lowest BCUT2D eigenvalue weighted by Crippen LogP contribution is -2.41. The van der Waals surface area contributed by atoms with E-state index in [1.807, 2.05) is 40.7 Å². The highest BCUT2D eigenvalue weighted by molar-refractivity contribution is 8.00. The Balaban J connectivity index is 1.97. The van der Waals surface area contributed by atoms with Crippen molar-refractivity contribution in [1.82, 2.24) is 0 Å². The van der Waals surface area contributed by atoms with E-state index >= 15 is 0 Å². The Morgan fingerprint density at radius 3 is 2.43 bits per heavy atom. The Bertz CT molecular complexity index is 609. The van der Waals surface area contributed by atoms with Gasteiger partial charge in [0.05, 0.1) is 11.2 Å². The second kappa shape index (κ2) is 4.87. The van der Waals surface area contributed by atoms with E-state index < -0.39 is 18.3 Å². The number of fused-ring (bicyclic) bond motifs is 1. The number of rotatable bonds is 1. The van der Waals surface area contributed by atoms with Crippen LogP contribution in [0.2, 0.25) is 0 Å². The van der Waals surface area contributed by atoms with E-state index in [0.29, 0.717) is 11.3 Å². The van der Waals surface area contributed by atoms with E-state index in [9.17, 15) is 4.39 Å². The summed E-state index contributed by atoms with van der Waals surface area (Å²) in [6.07, 6.45) is 0. The van der Waals surface area contributed by atoms with Crippen molar-refractivity contribution < 1.29 is 13.7 Å². The first-order chi connectivity index (χ1) is 9.71. The standard InChI is InChI=1S/C16H20BFO2S/c1-10-6-7-13-11(8-10)12(9-21-13)14(18)17-19-15(2,3)16(4,5)20-17/h6-8H,9H2,1-5H3. The average Bonchev–Trinajstić information content (AvgIpc) is 2.87. The van der Waals surface area contributed by atoms with Crippen LogP contribution in [-0.2, 0) is 9.31 Å². The van der Waals surface area contributed by atoms with Crippen LogP contribution in [0.1, 0.15) is 38.8 Å². The second-order valence-corrected chi connectivity index (χ2v) is 7.72. The second-order valence-electron chi connectivity index (χ2n) is 6.70. The van der Waals surface area contributed by atoms with Crippen molar-refractivity contribution in [2.45, 2.75) is 50.7 Å². The van der Waals surface area contributed by atoms with Crippen molar-refractivity contribution in [2.75, 3.05) is 5.75 Å². The Morgan fingerprint density at radius 1 is 1.19 bits per heavy atom. The lowest BCUT2D eigenvalue weighted by atomic mass is 9.83. The summed E-state index contributed by atoms with van der Waals surface area (Å²) >= 11 is 1.66. The fourth-order valence-electron chi connectivity index (χ4n) is 2.52. The molecule has 0 N–H and O–H groups in total. The molecule has 1 aromatic carbocycles. The predicted octanol–water partition coefficient (Wildman–Crippen LogP) is 4.41. The molecule has 2 aliphatic rings. The summed E-state index contributed by atoms with van der Waals surface area (Å²) < 4.78 is 26.6. The predicted molar refractivity (Wildman–Crippen MR) is 86.0 cm³/mol. The number of hydrogen-bond donors (Lipinski definition) is 0. The third-order valence-corrected chi connectivity index (χ3v) is 5.68. The number of hydrogen-bond acceptors (Lipinski definition) is 3. The lowest BCUT2D eigenvalue weighted by Gasteiger charge is -2.32. The average molecular weight is 306 g/mol. The van der Waals surface area contributed by atoms with E-state index in [2.05, 4.69) is 12.1 Å². The van der Waals surface area contributed by atoms with Crippen LogP contribution in [0.15, 0.2) is 28.8 Å². The zero-order valence-electron chi connectivity index (χ0n) is 13.1. The summed E-state index contributed by atoms with van der Waals surface area (Å²) in [5, 5.41) is 0. The minimum absolute atomic E-state index is 0.287. The van der Waals surface area contributed by atoms with E-state index in [1.54, 1.807) is 11.8 Å². The minimum Gasteiger partial charge on any atom is -0.398 e. The maximum Gasteiger partial charge on any atom is 0.525 e. The van der Waals surface area contributed by atoms with Gasteiger partial charge < -0.3 is 9.31 Å². The van der Waals surface area contributed by atoms with E-state index in [1.165, 1.54) is 0 Å². The molecule has 0 bridgehead atoms. The Hall–Kier alpha value is -0.775. The molecule has 0 aliphatic carbocycles. The van der Waals surface area contributed by atoms with Crippen LogP contribution in [0.25, 0.3) is 5.57 Å². The van der Waals surface area contributed by atoms with Crippen LogP contribution in [0, 0.1) is 6.92 Å². The first-order valence-corrected chi connectivity index (χ1v) is 8.18.